The Morgan fingerprint density at radius 1 is 0.905 bits per heavy atom. The van der Waals surface area contributed by atoms with Gasteiger partial charge in [-0.25, -0.2) is 4.39 Å². The molecule has 0 unspecified atom stereocenters. The zero-order valence-corrected chi connectivity index (χ0v) is 12.5. The highest BCUT2D eigenvalue weighted by atomic mass is 35.5. The zero-order chi connectivity index (χ0) is 14.8. The van der Waals surface area contributed by atoms with Crippen LogP contribution >= 0.6 is 23.2 Å². The van der Waals surface area contributed by atoms with Crippen molar-refractivity contribution >= 4 is 39.7 Å². The van der Waals surface area contributed by atoms with E-state index in [0.717, 1.165) is 5.56 Å². The molecular formula is C17H12Cl2FN. The van der Waals surface area contributed by atoms with Crippen molar-refractivity contribution in [3.63, 3.8) is 0 Å². The first kappa shape index (κ1) is 14.2. The number of halogens is 3. The molecule has 0 amide bonds. The molecule has 0 aliphatic rings. The summed E-state index contributed by atoms with van der Waals surface area (Å²) in [5.74, 6) is -0.589. The van der Waals surface area contributed by atoms with E-state index in [4.69, 9.17) is 23.2 Å². The Morgan fingerprint density at radius 3 is 2.33 bits per heavy atom. The number of hydrogen-bond acceptors (Lipinski definition) is 1. The van der Waals surface area contributed by atoms with E-state index in [2.05, 4.69) is 29.6 Å². The number of benzene rings is 3. The van der Waals surface area contributed by atoms with E-state index in [9.17, 15) is 4.39 Å². The molecule has 0 spiro atoms. The van der Waals surface area contributed by atoms with Gasteiger partial charge in [0.05, 0.1) is 10.0 Å². The molecule has 0 aliphatic carbocycles. The molecule has 0 heterocycles. The van der Waals surface area contributed by atoms with Gasteiger partial charge in [-0.05, 0) is 28.5 Å². The number of anilines is 1. The van der Waals surface area contributed by atoms with Crippen molar-refractivity contribution in [3.8, 4) is 0 Å². The Hall–Kier alpha value is -1.77. The van der Waals surface area contributed by atoms with E-state index in [1.165, 1.54) is 22.9 Å². The van der Waals surface area contributed by atoms with E-state index < -0.39 is 5.82 Å². The van der Waals surface area contributed by atoms with Crippen LogP contribution in [0.1, 0.15) is 5.56 Å². The van der Waals surface area contributed by atoms with Gasteiger partial charge in [0.2, 0.25) is 0 Å². The summed E-state index contributed by atoms with van der Waals surface area (Å²) in [6.45, 7) is 0.611. The number of rotatable bonds is 3. The molecule has 3 rings (SSSR count). The maximum Gasteiger partial charge on any atom is 0.160 e. The molecule has 1 nitrogen and oxygen atoms in total. The summed E-state index contributed by atoms with van der Waals surface area (Å²) < 4.78 is 13.4. The topological polar surface area (TPSA) is 12.0 Å². The monoisotopic (exact) mass is 319 g/mol. The van der Waals surface area contributed by atoms with Crippen molar-refractivity contribution in [2.24, 2.45) is 0 Å². The van der Waals surface area contributed by atoms with Crippen molar-refractivity contribution in [3.05, 3.63) is 76.0 Å². The molecule has 21 heavy (non-hydrogen) atoms. The third-order valence-electron chi connectivity index (χ3n) is 3.35. The average molecular weight is 320 g/mol. The van der Waals surface area contributed by atoms with E-state index in [1.807, 2.05) is 18.2 Å². The van der Waals surface area contributed by atoms with Crippen LogP contribution in [-0.2, 0) is 6.54 Å². The molecule has 0 bridgehead atoms. The van der Waals surface area contributed by atoms with Gasteiger partial charge in [0.1, 0.15) is 0 Å². The standard InChI is InChI=1S/C17H12Cl2FN/c18-15-8-13(9-16(19)17(15)20)21-10-12-6-3-5-11-4-1-2-7-14(11)12/h1-9,21H,10H2. The number of nitrogens with one attached hydrogen (secondary N) is 1. The lowest BCUT2D eigenvalue weighted by Gasteiger charge is -2.10. The van der Waals surface area contributed by atoms with E-state index in [-0.39, 0.29) is 10.0 Å². The van der Waals surface area contributed by atoms with Gasteiger partial charge in [-0.3, -0.25) is 0 Å². The largest absolute Gasteiger partial charge is 0.381 e. The molecule has 0 saturated heterocycles. The van der Waals surface area contributed by atoms with E-state index in [0.29, 0.717) is 12.2 Å². The molecule has 0 aliphatic heterocycles. The van der Waals surface area contributed by atoms with Crippen LogP contribution in [0, 0.1) is 5.82 Å². The van der Waals surface area contributed by atoms with Crippen molar-refractivity contribution in [1.29, 1.82) is 0 Å². The first-order chi connectivity index (χ1) is 10.1. The quantitative estimate of drug-likeness (QED) is 0.593. The third kappa shape index (κ3) is 2.97. The average Bonchev–Trinajstić information content (AvgIpc) is 2.50. The first-order valence-electron chi connectivity index (χ1n) is 6.50. The molecule has 0 atom stereocenters. The Balaban J connectivity index is 1.87. The fraction of sp³-hybridized carbons (Fsp3) is 0.0588. The molecular weight excluding hydrogens is 308 g/mol. The molecule has 0 saturated carbocycles. The molecule has 0 aromatic heterocycles. The van der Waals surface area contributed by atoms with Crippen LogP contribution in [0.3, 0.4) is 0 Å². The second-order valence-electron chi connectivity index (χ2n) is 4.75. The molecule has 3 aromatic rings. The lowest BCUT2D eigenvalue weighted by molar-refractivity contribution is 0.629. The van der Waals surface area contributed by atoms with Gasteiger partial charge in [-0.2, -0.15) is 0 Å². The summed E-state index contributed by atoms with van der Waals surface area (Å²) in [4.78, 5) is 0. The van der Waals surface area contributed by atoms with Crippen LogP contribution in [0.15, 0.2) is 54.6 Å². The zero-order valence-electron chi connectivity index (χ0n) is 11.0. The van der Waals surface area contributed by atoms with Gasteiger partial charge < -0.3 is 5.32 Å². The second-order valence-corrected chi connectivity index (χ2v) is 5.56. The maximum atomic E-state index is 13.4. The Kier molecular flexibility index (Phi) is 4.00. The first-order valence-corrected chi connectivity index (χ1v) is 7.26. The molecule has 3 aromatic carbocycles. The minimum Gasteiger partial charge on any atom is -0.381 e. The Morgan fingerprint density at radius 2 is 1.57 bits per heavy atom. The maximum absolute atomic E-state index is 13.4. The summed E-state index contributed by atoms with van der Waals surface area (Å²) in [6, 6.07) is 17.4. The summed E-state index contributed by atoms with van der Waals surface area (Å²) in [5.41, 5.74) is 1.85. The Labute approximate surface area is 132 Å². The predicted molar refractivity (Wildman–Crippen MR) is 87.7 cm³/mol. The number of fused-ring (bicyclic) bond motifs is 1. The molecule has 0 fully saturated rings. The molecule has 4 heteroatoms. The van der Waals surface area contributed by atoms with Gasteiger partial charge in [-0.1, -0.05) is 65.7 Å². The van der Waals surface area contributed by atoms with Crippen molar-refractivity contribution in [2.75, 3.05) is 5.32 Å². The van der Waals surface area contributed by atoms with Crippen LogP contribution in [0.5, 0.6) is 0 Å². The number of hydrogen-bond donors (Lipinski definition) is 1. The van der Waals surface area contributed by atoms with Crippen LogP contribution in [0.4, 0.5) is 10.1 Å². The van der Waals surface area contributed by atoms with Crippen LogP contribution in [0.25, 0.3) is 10.8 Å². The summed E-state index contributed by atoms with van der Waals surface area (Å²) >= 11 is 11.6. The van der Waals surface area contributed by atoms with Crippen LogP contribution in [-0.4, -0.2) is 0 Å². The van der Waals surface area contributed by atoms with E-state index >= 15 is 0 Å². The fourth-order valence-corrected chi connectivity index (χ4v) is 2.79. The van der Waals surface area contributed by atoms with Crippen molar-refractivity contribution in [1.82, 2.24) is 0 Å². The minimum absolute atomic E-state index is 0.0166. The lowest BCUT2D eigenvalue weighted by atomic mass is 10.0. The van der Waals surface area contributed by atoms with Crippen LogP contribution < -0.4 is 5.32 Å². The van der Waals surface area contributed by atoms with Crippen molar-refractivity contribution in [2.45, 2.75) is 6.54 Å². The normalized spacial score (nSPS) is 10.8. The van der Waals surface area contributed by atoms with Gasteiger partial charge in [-0.15, -0.1) is 0 Å². The fourth-order valence-electron chi connectivity index (χ4n) is 2.30. The smallest absolute Gasteiger partial charge is 0.160 e. The molecule has 106 valence electrons. The minimum atomic E-state index is -0.589. The van der Waals surface area contributed by atoms with Crippen LogP contribution in [0.2, 0.25) is 10.0 Å². The van der Waals surface area contributed by atoms with Gasteiger partial charge >= 0.3 is 0 Å². The molecule has 1 N–H and O–H groups in total. The lowest BCUT2D eigenvalue weighted by Crippen LogP contribution is -2.00. The van der Waals surface area contributed by atoms with Crippen molar-refractivity contribution < 1.29 is 4.39 Å². The van der Waals surface area contributed by atoms with Gasteiger partial charge in [0, 0.05) is 12.2 Å². The van der Waals surface area contributed by atoms with Gasteiger partial charge in [0.25, 0.3) is 0 Å². The third-order valence-corrected chi connectivity index (χ3v) is 3.90. The highest BCUT2D eigenvalue weighted by Crippen LogP contribution is 2.28. The molecule has 0 radical (unpaired) electrons. The highest BCUT2D eigenvalue weighted by Gasteiger charge is 2.07. The summed E-state index contributed by atoms with van der Waals surface area (Å²) in [6.07, 6.45) is 0. The summed E-state index contributed by atoms with van der Waals surface area (Å²) in [5, 5.41) is 5.63. The highest BCUT2D eigenvalue weighted by molar-refractivity contribution is 6.35. The SMILES string of the molecule is Fc1c(Cl)cc(NCc2cccc3ccccc23)cc1Cl. The van der Waals surface area contributed by atoms with E-state index in [1.54, 1.807) is 0 Å². The Bertz CT molecular complexity index is 773. The predicted octanol–water partition coefficient (Wildman–Crippen LogP) is 5.90. The van der Waals surface area contributed by atoms with Gasteiger partial charge in [0.15, 0.2) is 5.82 Å². The second kappa shape index (κ2) is 5.92. The summed E-state index contributed by atoms with van der Waals surface area (Å²) in [7, 11) is 0.